The molecule has 4 rings (SSSR count). The number of rotatable bonds is 6. The van der Waals surface area contributed by atoms with Gasteiger partial charge in [-0.1, -0.05) is 6.07 Å². The number of ketones is 1. The topological polar surface area (TPSA) is 40.5 Å². The third kappa shape index (κ3) is 2.93. The Kier molecular flexibility index (Phi) is 4.04. The highest BCUT2D eigenvalue weighted by molar-refractivity contribution is 7.99. The van der Waals surface area contributed by atoms with E-state index in [1.165, 1.54) is 18.5 Å². The van der Waals surface area contributed by atoms with Gasteiger partial charge in [0.05, 0.1) is 5.75 Å². The molecule has 1 saturated carbocycles. The van der Waals surface area contributed by atoms with E-state index in [2.05, 4.69) is 24.5 Å². The quantitative estimate of drug-likeness (QED) is 0.734. The van der Waals surface area contributed by atoms with Crippen molar-refractivity contribution in [2.45, 2.75) is 38.5 Å². The van der Waals surface area contributed by atoms with E-state index < -0.39 is 0 Å². The number of nitrogens with zero attached hydrogens (tertiary/aromatic N) is 1. The first-order valence-electron chi connectivity index (χ1n) is 8.31. The maximum absolute atomic E-state index is 12.6. The Morgan fingerprint density at radius 1 is 1.21 bits per heavy atom. The van der Waals surface area contributed by atoms with Crippen molar-refractivity contribution in [2.24, 2.45) is 0 Å². The van der Waals surface area contributed by atoms with Gasteiger partial charge >= 0.3 is 0 Å². The molecule has 2 heterocycles. The molecule has 24 heavy (non-hydrogen) atoms. The number of hydrogen-bond donors (Lipinski definition) is 0. The second kappa shape index (κ2) is 6.20. The number of fused-ring (bicyclic) bond motifs is 1. The second-order valence-electron chi connectivity index (χ2n) is 6.49. The van der Waals surface area contributed by atoms with Gasteiger partial charge in [-0.3, -0.25) is 4.79 Å². The molecule has 2 aliphatic rings. The van der Waals surface area contributed by atoms with Crippen LogP contribution in [0.5, 0.6) is 11.5 Å². The zero-order chi connectivity index (χ0) is 16.7. The van der Waals surface area contributed by atoms with Crippen molar-refractivity contribution in [3.05, 3.63) is 46.8 Å². The smallest absolute Gasteiger partial charge is 0.231 e. The van der Waals surface area contributed by atoms with E-state index in [0.29, 0.717) is 18.6 Å². The molecule has 1 aromatic heterocycles. The Hall–Kier alpha value is -1.88. The summed E-state index contributed by atoms with van der Waals surface area (Å²) in [5, 5.41) is 0. The molecule has 0 radical (unpaired) electrons. The van der Waals surface area contributed by atoms with E-state index >= 15 is 0 Å². The van der Waals surface area contributed by atoms with E-state index in [4.69, 9.17) is 9.47 Å². The van der Waals surface area contributed by atoms with Gasteiger partial charge in [0, 0.05) is 28.7 Å². The van der Waals surface area contributed by atoms with Crippen LogP contribution in [-0.2, 0) is 5.75 Å². The molecule has 0 amide bonds. The van der Waals surface area contributed by atoms with Crippen LogP contribution in [0.25, 0.3) is 0 Å². The zero-order valence-corrected chi connectivity index (χ0v) is 14.8. The number of carbonyl (C=O) groups is 1. The molecule has 1 aliphatic carbocycles. The lowest BCUT2D eigenvalue weighted by Gasteiger charge is -2.07. The van der Waals surface area contributed by atoms with Crippen LogP contribution >= 0.6 is 11.8 Å². The second-order valence-corrected chi connectivity index (χ2v) is 7.48. The monoisotopic (exact) mass is 343 g/mol. The van der Waals surface area contributed by atoms with Crippen LogP contribution in [0.1, 0.15) is 46.2 Å². The molecule has 0 bridgehead atoms. The first-order chi connectivity index (χ1) is 11.6. The minimum atomic E-state index is 0.223. The Labute approximate surface area is 146 Å². The molecule has 0 N–H and O–H groups in total. The summed E-state index contributed by atoms with van der Waals surface area (Å²) in [6.45, 7) is 4.46. The fraction of sp³-hybridized carbons (Fsp3) is 0.421. The number of carbonyl (C=O) groups excluding carboxylic acids is 1. The van der Waals surface area contributed by atoms with Crippen LogP contribution in [0.4, 0.5) is 0 Å². The minimum absolute atomic E-state index is 0.223. The average Bonchev–Trinajstić information content (AvgIpc) is 3.19. The van der Waals surface area contributed by atoms with Crippen molar-refractivity contribution in [3.8, 4) is 11.5 Å². The van der Waals surface area contributed by atoms with E-state index in [9.17, 15) is 4.79 Å². The van der Waals surface area contributed by atoms with E-state index in [1.54, 1.807) is 11.8 Å². The standard InChI is InChI=1S/C19H21NO3S/c1-12-7-16(13(2)20(12)15-4-5-15)17(21)10-24-9-14-3-6-18-19(8-14)23-11-22-18/h3,6-8,15H,4-5,9-11H2,1-2H3. The number of ether oxygens (including phenoxy) is 2. The van der Waals surface area contributed by atoms with Crippen LogP contribution in [-0.4, -0.2) is 22.9 Å². The summed E-state index contributed by atoms with van der Waals surface area (Å²) < 4.78 is 13.0. The lowest BCUT2D eigenvalue weighted by Crippen LogP contribution is -2.06. The van der Waals surface area contributed by atoms with Crippen LogP contribution in [0.15, 0.2) is 24.3 Å². The third-order valence-corrected chi connectivity index (χ3v) is 5.64. The summed E-state index contributed by atoms with van der Waals surface area (Å²) in [7, 11) is 0. The number of benzene rings is 1. The summed E-state index contributed by atoms with van der Waals surface area (Å²) >= 11 is 1.65. The lowest BCUT2D eigenvalue weighted by atomic mass is 10.2. The van der Waals surface area contributed by atoms with E-state index in [0.717, 1.165) is 34.1 Å². The van der Waals surface area contributed by atoms with Crippen LogP contribution in [0.3, 0.4) is 0 Å². The van der Waals surface area contributed by atoms with Crippen molar-refractivity contribution < 1.29 is 14.3 Å². The van der Waals surface area contributed by atoms with Crippen molar-refractivity contribution in [2.75, 3.05) is 12.5 Å². The van der Waals surface area contributed by atoms with Crippen LogP contribution in [0.2, 0.25) is 0 Å². The summed E-state index contributed by atoms with van der Waals surface area (Å²) in [5.74, 6) is 3.12. The predicted octanol–water partition coefficient (Wildman–Crippen LogP) is 4.28. The Morgan fingerprint density at radius 2 is 2.00 bits per heavy atom. The van der Waals surface area contributed by atoms with Crippen molar-refractivity contribution in [1.29, 1.82) is 0 Å². The van der Waals surface area contributed by atoms with Gasteiger partial charge in [-0.05, 0) is 50.5 Å². The maximum Gasteiger partial charge on any atom is 0.231 e. The lowest BCUT2D eigenvalue weighted by molar-refractivity contribution is 0.102. The maximum atomic E-state index is 12.6. The van der Waals surface area contributed by atoms with Gasteiger partial charge in [0.1, 0.15) is 0 Å². The molecular weight excluding hydrogens is 322 g/mol. The molecule has 5 heteroatoms. The SMILES string of the molecule is Cc1cc(C(=O)CSCc2ccc3c(c2)OCO3)c(C)n1C1CC1. The number of thioether (sulfide) groups is 1. The normalized spacial score (nSPS) is 15.8. The molecule has 4 nitrogen and oxygen atoms in total. The molecule has 2 aromatic rings. The number of Topliss-reactive ketones (excluding diaryl/α,β-unsaturated/α-hetero) is 1. The van der Waals surface area contributed by atoms with Gasteiger partial charge in [-0.15, -0.1) is 11.8 Å². The van der Waals surface area contributed by atoms with Gasteiger partial charge in [0.2, 0.25) is 6.79 Å². The molecule has 0 atom stereocenters. The number of aromatic nitrogens is 1. The largest absolute Gasteiger partial charge is 0.454 e. The number of aryl methyl sites for hydroxylation is 1. The first-order valence-corrected chi connectivity index (χ1v) is 9.47. The Balaban J connectivity index is 1.38. The van der Waals surface area contributed by atoms with Gasteiger partial charge in [0.15, 0.2) is 17.3 Å². The average molecular weight is 343 g/mol. The summed E-state index contributed by atoms with van der Waals surface area (Å²) in [6.07, 6.45) is 2.48. The molecule has 126 valence electrons. The van der Waals surface area contributed by atoms with E-state index in [-0.39, 0.29) is 5.78 Å². The molecule has 0 saturated heterocycles. The van der Waals surface area contributed by atoms with Gasteiger partial charge < -0.3 is 14.0 Å². The Morgan fingerprint density at radius 3 is 2.79 bits per heavy atom. The molecule has 0 spiro atoms. The first kappa shape index (κ1) is 15.6. The number of hydrogen-bond acceptors (Lipinski definition) is 4. The van der Waals surface area contributed by atoms with Gasteiger partial charge in [-0.2, -0.15) is 0 Å². The third-order valence-electron chi connectivity index (χ3n) is 4.64. The van der Waals surface area contributed by atoms with Crippen molar-refractivity contribution >= 4 is 17.5 Å². The van der Waals surface area contributed by atoms with Crippen molar-refractivity contribution in [3.63, 3.8) is 0 Å². The van der Waals surface area contributed by atoms with E-state index in [1.807, 2.05) is 18.2 Å². The van der Waals surface area contributed by atoms with Crippen LogP contribution < -0.4 is 9.47 Å². The highest BCUT2D eigenvalue weighted by atomic mass is 32.2. The molecule has 0 unspecified atom stereocenters. The molecule has 1 aliphatic heterocycles. The highest BCUT2D eigenvalue weighted by Gasteiger charge is 2.28. The van der Waals surface area contributed by atoms with Gasteiger partial charge in [-0.25, -0.2) is 0 Å². The summed E-state index contributed by atoms with van der Waals surface area (Å²) in [5.41, 5.74) is 4.38. The van der Waals surface area contributed by atoms with Gasteiger partial charge in [0.25, 0.3) is 0 Å². The van der Waals surface area contributed by atoms with Crippen LogP contribution in [0, 0.1) is 13.8 Å². The molecular formula is C19H21NO3S. The predicted molar refractivity (Wildman–Crippen MR) is 95.2 cm³/mol. The summed E-state index contributed by atoms with van der Waals surface area (Å²) in [4.78, 5) is 12.6. The molecule has 1 fully saturated rings. The zero-order valence-electron chi connectivity index (χ0n) is 14.0. The highest BCUT2D eigenvalue weighted by Crippen LogP contribution is 2.38. The van der Waals surface area contributed by atoms with Crippen molar-refractivity contribution in [1.82, 2.24) is 4.57 Å². The fourth-order valence-electron chi connectivity index (χ4n) is 3.32. The Bertz CT molecular complexity index is 792. The molecule has 1 aromatic carbocycles. The minimum Gasteiger partial charge on any atom is -0.454 e. The fourth-order valence-corrected chi connectivity index (χ4v) is 4.18. The summed E-state index contributed by atoms with van der Waals surface area (Å²) in [6, 6.07) is 8.64.